The van der Waals surface area contributed by atoms with Gasteiger partial charge in [-0.2, -0.15) is 0 Å². The second-order valence-corrected chi connectivity index (χ2v) is 5.13. The van der Waals surface area contributed by atoms with Crippen LogP contribution >= 0.6 is 0 Å². The van der Waals surface area contributed by atoms with E-state index in [0.717, 1.165) is 18.9 Å². The lowest BCUT2D eigenvalue weighted by Crippen LogP contribution is -2.39. The molecule has 1 rings (SSSR count). The standard InChI is InChI=1S/C13H24N4/c1-11(2)8-12(10-17(3)4)16-9-13-14-6-5-7-15-13/h5-7,11-12,16H,8-10H2,1-4H3. The number of aromatic nitrogens is 2. The Bertz CT molecular complexity index is 288. The predicted octanol–water partition coefficient (Wildman–Crippen LogP) is 1.54. The summed E-state index contributed by atoms with van der Waals surface area (Å²) < 4.78 is 0. The summed E-state index contributed by atoms with van der Waals surface area (Å²) in [6.07, 6.45) is 4.74. The quantitative estimate of drug-likeness (QED) is 0.780. The predicted molar refractivity (Wildman–Crippen MR) is 70.7 cm³/mol. The van der Waals surface area contributed by atoms with Crippen LogP contribution in [0.25, 0.3) is 0 Å². The van der Waals surface area contributed by atoms with E-state index in [2.05, 4.69) is 48.1 Å². The molecule has 0 aromatic carbocycles. The molecule has 1 atom stereocenters. The average molecular weight is 236 g/mol. The summed E-state index contributed by atoms with van der Waals surface area (Å²) in [5.41, 5.74) is 0. The molecule has 1 aromatic rings. The van der Waals surface area contributed by atoms with Crippen molar-refractivity contribution < 1.29 is 0 Å². The molecule has 1 aromatic heterocycles. The molecule has 0 fully saturated rings. The maximum Gasteiger partial charge on any atom is 0.141 e. The van der Waals surface area contributed by atoms with E-state index in [1.165, 1.54) is 6.42 Å². The first-order valence-electron chi connectivity index (χ1n) is 6.22. The van der Waals surface area contributed by atoms with Crippen molar-refractivity contribution in [3.05, 3.63) is 24.3 Å². The molecular weight excluding hydrogens is 212 g/mol. The zero-order valence-corrected chi connectivity index (χ0v) is 11.3. The fourth-order valence-electron chi connectivity index (χ4n) is 1.89. The van der Waals surface area contributed by atoms with Gasteiger partial charge in [-0.15, -0.1) is 0 Å². The summed E-state index contributed by atoms with van der Waals surface area (Å²) in [5.74, 6) is 1.56. The van der Waals surface area contributed by atoms with Gasteiger partial charge in [0, 0.05) is 25.0 Å². The Hall–Kier alpha value is -1.00. The number of likely N-dealkylation sites (N-methyl/N-ethyl adjacent to an activating group) is 1. The van der Waals surface area contributed by atoms with E-state index >= 15 is 0 Å². The average Bonchev–Trinajstić information content (AvgIpc) is 2.26. The van der Waals surface area contributed by atoms with Crippen LogP contribution in [0.2, 0.25) is 0 Å². The first kappa shape index (κ1) is 14.1. The van der Waals surface area contributed by atoms with E-state index < -0.39 is 0 Å². The van der Waals surface area contributed by atoms with Crippen molar-refractivity contribution in [1.82, 2.24) is 20.2 Å². The highest BCUT2D eigenvalue weighted by Crippen LogP contribution is 2.06. The Kier molecular flexibility index (Phi) is 6.08. The van der Waals surface area contributed by atoms with Gasteiger partial charge < -0.3 is 10.2 Å². The summed E-state index contributed by atoms with van der Waals surface area (Å²) in [5, 5.41) is 3.53. The van der Waals surface area contributed by atoms with Gasteiger partial charge in [-0.3, -0.25) is 0 Å². The van der Waals surface area contributed by atoms with Crippen molar-refractivity contribution in [2.45, 2.75) is 32.9 Å². The molecule has 0 aliphatic rings. The minimum absolute atomic E-state index is 0.494. The van der Waals surface area contributed by atoms with Crippen LogP contribution in [0.5, 0.6) is 0 Å². The van der Waals surface area contributed by atoms with Crippen LogP contribution in [0.15, 0.2) is 18.5 Å². The van der Waals surface area contributed by atoms with Crippen molar-refractivity contribution in [3.8, 4) is 0 Å². The first-order valence-corrected chi connectivity index (χ1v) is 6.22. The van der Waals surface area contributed by atoms with Gasteiger partial charge >= 0.3 is 0 Å². The molecule has 4 nitrogen and oxygen atoms in total. The van der Waals surface area contributed by atoms with E-state index in [1.54, 1.807) is 12.4 Å². The van der Waals surface area contributed by atoms with Crippen LogP contribution in [-0.2, 0) is 6.54 Å². The van der Waals surface area contributed by atoms with Gasteiger partial charge in [0.25, 0.3) is 0 Å². The molecule has 1 unspecified atom stereocenters. The molecule has 0 aliphatic heterocycles. The normalized spacial score (nSPS) is 13.3. The molecule has 0 saturated heterocycles. The fraction of sp³-hybridized carbons (Fsp3) is 0.692. The third kappa shape index (κ3) is 6.34. The lowest BCUT2D eigenvalue weighted by Gasteiger charge is -2.23. The highest BCUT2D eigenvalue weighted by atomic mass is 15.1. The monoisotopic (exact) mass is 236 g/mol. The summed E-state index contributed by atoms with van der Waals surface area (Å²) in [7, 11) is 4.21. The lowest BCUT2D eigenvalue weighted by atomic mass is 10.0. The molecule has 0 spiro atoms. The zero-order valence-electron chi connectivity index (χ0n) is 11.3. The number of hydrogen-bond acceptors (Lipinski definition) is 4. The number of nitrogens with zero attached hydrogens (tertiary/aromatic N) is 3. The molecular formula is C13H24N4. The Labute approximate surface area is 104 Å². The fourth-order valence-corrected chi connectivity index (χ4v) is 1.89. The maximum atomic E-state index is 4.22. The number of rotatable bonds is 7. The largest absolute Gasteiger partial charge is 0.308 e. The summed E-state index contributed by atoms with van der Waals surface area (Å²) in [6, 6.07) is 2.34. The molecule has 96 valence electrons. The van der Waals surface area contributed by atoms with Crippen molar-refractivity contribution in [2.75, 3.05) is 20.6 Å². The Morgan fingerprint density at radius 1 is 1.24 bits per heavy atom. The van der Waals surface area contributed by atoms with E-state index in [-0.39, 0.29) is 0 Å². The molecule has 0 amide bonds. The molecule has 1 N–H and O–H groups in total. The van der Waals surface area contributed by atoms with E-state index in [0.29, 0.717) is 12.0 Å². The minimum atomic E-state index is 0.494. The van der Waals surface area contributed by atoms with Gasteiger partial charge in [0.1, 0.15) is 5.82 Å². The number of hydrogen-bond donors (Lipinski definition) is 1. The second-order valence-electron chi connectivity index (χ2n) is 5.13. The molecule has 0 aliphatic carbocycles. The van der Waals surface area contributed by atoms with Gasteiger partial charge in [-0.1, -0.05) is 13.8 Å². The van der Waals surface area contributed by atoms with Crippen LogP contribution in [0.4, 0.5) is 0 Å². The molecule has 0 radical (unpaired) electrons. The topological polar surface area (TPSA) is 41.0 Å². The van der Waals surface area contributed by atoms with Crippen molar-refractivity contribution in [3.63, 3.8) is 0 Å². The Morgan fingerprint density at radius 2 is 1.88 bits per heavy atom. The second kappa shape index (κ2) is 7.35. The van der Waals surface area contributed by atoms with E-state index in [4.69, 9.17) is 0 Å². The van der Waals surface area contributed by atoms with Crippen molar-refractivity contribution in [1.29, 1.82) is 0 Å². The van der Waals surface area contributed by atoms with Gasteiger partial charge in [0.15, 0.2) is 0 Å². The minimum Gasteiger partial charge on any atom is -0.308 e. The first-order chi connectivity index (χ1) is 8.08. The van der Waals surface area contributed by atoms with Crippen LogP contribution in [0.3, 0.4) is 0 Å². The van der Waals surface area contributed by atoms with Crippen LogP contribution < -0.4 is 5.32 Å². The zero-order chi connectivity index (χ0) is 12.7. The summed E-state index contributed by atoms with van der Waals surface area (Å²) in [4.78, 5) is 10.7. The molecule has 4 heteroatoms. The van der Waals surface area contributed by atoms with E-state index in [1.807, 2.05) is 6.07 Å². The van der Waals surface area contributed by atoms with Crippen molar-refractivity contribution >= 4 is 0 Å². The van der Waals surface area contributed by atoms with Gasteiger partial charge in [-0.25, -0.2) is 9.97 Å². The van der Waals surface area contributed by atoms with Crippen LogP contribution in [0.1, 0.15) is 26.1 Å². The summed E-state index contributed by atoms with van der Waals surface area (Å²) in [6.45, 7) is 6.30. The molecule has 17 heavy (non-hydrogen) atoms. The summed E-state index contributed by atoms with van der Waals surface area (Å²) >= 11 is 0. The third-order valence-corrected chi connectivity index (χ3v) is 2.51. The van der Waals surface area contributed by atoms with E-state index in [9.17, 15) is 0 Å². The maximum absolute atomic E-state index is 4.22. The highest BCUT2D eigenvalue weighted by Gasteiger charge is 2.11. The van der Waals surface area contributed by atoms with Gasteiger partial charge in [-0.05, 0) is 32.5 Å². The Balaban J connectivity index is 2.43. The van der Waals surface area contributed by atoms with Crippen molar-refractivity contribution in [2.24, 2.45) is 5.92 Å². The smallest absolute Gasteiger partial charge is 0.141 e. The molecule has 1 heterocycles. The molecule has 0 bridgehead atoms. The lowest BCUT2D eigenvalue weighted by molar-refractivity contribution is 0.303. The third-order valence-electron chi connectivity index (χ3n) is 2.51. The van der Waals surface area contributed by atoms with Gasteiger partial charge in [0.05, 0.1) is 6.54 Å². The van der Waals surface area contributed by atoms with Crippen LogP contribution in [0, 0.1) is 5.92 Å². The van der Waals surface area contributed by atoms with Gasteiger partial charge in [0.2, 0.25) is 0 Å². The SMILES string of the molecule is CC(C)CC(CN(C)C)NCc1ncccn1. The number of nitrogens with one attached hydrogen (secondary N) is 1. The highest BCUT2D eigenvalue weighted by molar-refractivity contribution is 4.88. The van der Waals surface area contributed by atoms with Crippen LogP contribution in [-0.4, -0.2) is 41.5 Å². The molecule has 0 saturated carbocycles. The Morgan fingerprint density at radius 3 is 2.41 bits per heavy atom.